The summed E-state index contributed by atoms with van der Waals surface area (Å²) in [5.74, 6) is -6.16. The van der Waals surface area contributed by atoms with Crippen molar-refractivity contribution in [2.45, 2.75) is 76.3 Å². The van der Waals surface area contributed by atoms with Crippen molar-refractivity contribution in [1.82, 2.24) is 0 Å². The first-order chi connectivity index (χ1) is 11.6. The molecule has 0 aromatic rings. The summed E-state index contributed by atoms with van der Waals surface area (Å²) < 4.78 is 60.9. The van der Waals surface area contributed by atoms with E-state index in [1.807, 2.05) is 0 Å². The molecule has 0 spiro atoms. The molecule has 0 saturated carbocycles. The van der Waals surface area contributed by atoms with Crippen LogP contribution >= 0.6 is 0 Å². The van der Waals surface area contributed by atoms with Gasteiger partial charge in [0.15, 0.2) is 0 Å². The third-order valence-electron chi connectivity index (χ3n) is 3.31. The number of rotatable bonds is 14. The highest BCUT2D eigenvalue weighted by molar-refractivity contribution is 5.68. The van der Waals surface area contributed by atoms with Crippen LogP contribution in [0.15, 0.2) is 0 Å². The second kappa shape index (κ2) is 12.0. The van der Waals surface area contributed by atoms with Crippen LogP contribution in [0, 0.1) is 0 Å². The number of hydrogen-bond acceptors (Lipinski definition) is 4. The summed E-state index contributed by atoms with van der Waals surface area (Å²) in [5.41, 5.74) is 0. The van der Waals surface area contributed by atoms with Crippen molar-refractivity contribution >= 4 is 11.9 Å². The van der Waals surface area contributed by atoms with Crippen molar-refractivity contribution in [3.05, 3.63) is 0 Å². The third-order valence-corrected chi connectivity index (χ3v) is 3.31. The summed E-state index contributed by atoms with van der Waals surface area (Å²) in [4.78, 5) is 30.6. The molecule has 0 aliphatic heterocycles. The average molecular weight is 378 g/mol. The number of carbonyl (C=O) groups is 2. The Hall–Kier alpha value is -1.45. The molecule has 0 rings (SSSR count). The zero-order valence-electron chi connectivity index (χ0n) is 13.7. The maximum absolute atomic E-state index is 12.6. The fourth-order valence-electron chi connectivity index (χ4n) is 1.87. The lowest BCUT2D eigenvalue weighted by atomic mass is 10.1. The van der Waals surface area contributed by atoms with Crippen LogP contribution < -0.4 is 0 Å². The molecule has 0 unspecified atom stereocenters. The van der Waals surface area contributed by atoms with E-state index in [4.69, 9.17) is 5.11 Å². The maximum atomic E-state index is 12.6. The quantitative estimate of drug-likeness (QED) is 0.206. The smallest absolute Gasteiger partial charge is 0.453 e. The van der Waals surface area contributed by atoms with Gasteiger partial charge in [-0.1, -0.05) is 19.3 Å². The van der Waals surface area contributed by atoms with Gasteiger partial charge in [0.2, 0.25) is 0 Å². The zero-order chi connectivity index (χ0) is 19.3. The fraction of sp³-hybridized carbons (Fsp3) is 0.867. The highest BCUT2D eigenvalue weighted by atomic mass is 19.4. The molecule has 0 fully saturated rings. The van der Waals surface area contributed by atoms with Crippen molar-refractivity contribution in [3.8, 4) is 0 Å². The van der Waals surface area contributed by atoms with Gasteiger partial charge in [-0.25, -0.2) is 4.79 Å². The summed E-state index contributed by atoms with van der Waals surface area (Å²) in [6.45, 7) is 0.0282. The van der Waals surface area contributed by atoms with Crippen LogP contribution in [0.25, 0.3) is 0 Å². The minimum absolute atomic E-state index is 0.0282. The van der Waals surface area contributed by atoms with Gasteiger partial charge in [-0.05, 0) is 25.7 Å². The minimum Gasteiger partial charge on any atom is -0.481 e. The fourth-order valence-corrected chi connectivity index (χ4v) is 1.87. The second-order valence-corrected chi connectivity index (χ2v) is 5.60. The molecule has 5 nitrogen and oxygen atoms in total. The van der Waals surface area contributed by atoms with Gasteiger partial charge in [0.1, 0.15) is 0 Å². The number of hydrogen-bond donors (Lipinski definition) is 1. The van der Waals surface area contributed by atoms with E-state index >= 15 is 0 Å². The summed E-state index contributed by atoms with van der Waals surface area (Å²) in [5, 5.41) is 8.42. The third kappa shape index (κ3) is 12.5. The van der Waals surface area contributed by atoms with Crippen LogP contribution in [0.3, 0.4) is 0 Å². The Morgan fingerprint density at radius 1 is 0.800 bits per heavy atom. The molecule has 0 aromatic heterocycles. The van der Waals surface area contributed by atoms with Crippen LogP contribution in [-0.4, -0.2) is 35.8 Å². The first-order valence-electron chi connectivity index (χ1n) is 8.05. The van der Waals surface area contributed by atoms with Gasteiger partial charge in [-0.15, -0.1) is 0 Å². The van der Waals surface area contributed by atoms with Crippen LogP contribution in [0.5, 0.6) is 0 Å². The van der Waals surface area contributed by atoms with Crippen LogP contribution in [-0.2, 0) is 19.4 Å². The molecule has 0 aromatic carbocycles. The van der Waals surface area contributed by atoms with Crippen LogP contribution in [0.2, 0.25) is 0 Å². The van der Waals surface area contributed by atoms with Crippen molar-refractivity contribution in [2.24, 2.45) is 0 Å². The van der Waals surface area contributed by atoms with E-state index in [9.17, 15) is 31.5 Å². The van der Waals surface area contributed by atoms with Crippen molar-refractivity contribution < 1.29 is 46.4 Å². The molecule has 0 atom stereocenters. The molecule has 25 heavy (non-hydrogen) atoms. The van der Waals surface area contributed by atoms with Gasteiger partial charge < -0.3 is 5.11 Å². The number of alkyl halides is 5. The van der Waals surface area contributed by atoms with E-state index in [0.29, 0.717) is 32.1 Å². The van der Waals surface area contributed by atoms with E-state index in [1.54, 1.807) is 0 Å². The largest absolute Gasteiger partial charge is 0.481 e. The molecule has 0 aliphatic rings. The Bertz CT molecular complexity index is 398. The Balaban J connectivity index is 3.46. The van der Waals surface area contributed by atoms with E-state index in [2.05, 4.69) is 9.78 Å². The van der Waals surface area contributed by atoms with Crippen molar-refractivity contribution in [2.75, 3.05) is 6.61 Å². The summed E-state index contributed by atoms with van der Waals surface area (Å²) in [7, 11) is 0. The molecule has 148 valence electrons. The number of carboxylic acid groups (broad SMARTS) is 1. The molecule has 0 aliphatic carbocycles. The molecule has 0 bridgehead atoms. The Morgan fingerprint density at radius 3 is 1.96 bits per heavy atom. The molecule has 10 heteroatoms. The lowest BCUT2D eigenvalue weighted by molar-refractivity contribution is -0.284. The molecular weight excluding hydrogens is 355 g/mol. The number of halogens is 5. The summed E-state index contributed by atoms with van der Waals surface area (Å²) >= 11 is 0. The van der Waals surface area contributed by atoms with E-state index < -0.39 is 30.5 Å². The molecule has 0 heterocycles. The molecular formula is C15H23F5O5. The summed E-state index contributed by atoms with van der Waals surface area (Å²) in [6.07, 6.45) is -4.44. The molecule has 0 amide bonds. The van der Waals surface area contributed by atoms with Gasteiger partial charge in [-0.2, -0.15) is 26.8 Å². The maximum Gasteiger partial charge on any atom is 0.453 e. The standard InChI is InChI=1S/C15H23F5O5/c16-14(17,15(18,19)20)10-6-1-2-7-11-24-25-13(23)9-5-3-4-8-12(21)22/h1-11H2,(H,21,22). The van der Waals surface area contributed by atoms with E-state index in [0.717, 1.165) is 0 Å². The van der Waals surface area contributed by atoms with Crippen molar-refractivity contribution in [3.63, 3.8) is 0 Å². The van der Waals surface area contributed by atoms with Gasteiger partial charge in [0, 0.05) is 19.3 Å². The van der Waals surface area contributed by atoms with Gasteiger partial charge in [0.05, 0.1) is 6.61 Å². The van der Waals surface area contributed by atoms with Crippen LogP contribution in [0.4, 0.5) is 22.0 Å². The Kier molecular flexibility index (Phi) is 11.3. The van der Waals surface area contributed by atoms with Crippen LogP contribution in [0.1, 0.15) is 64.2 Å². The average Bonchev–Trinajstić information content (AvgIpc) is 2.48. The van der Waals surface area contributed by atoms with E-state index in [-0.39, 0.29) is 32.3 Å². The second-order valence-electron chi connectivity index (χ2n) is 5.60. The number of carbonyl (C=O) groups excluding carboxylic acids is 1. The molecule has 0 saturated heterocycles. The first kappa shape index (κ1) is 23.5. The predicted octanol–water partition coefficient (Wildman–Crippen LogP) is 4.64. The number of aliphatic carboxylic acids is 1. The van der Waals surface area contributed by atoms with Gasteiger partial charge in [-0.3, -0.25) is 9.68 Å². The zero-order valence-corrected chi connectivity index (χ0v) is 13.7. The lowest BCUT2D eigenvalue weighted by Gasteiger charge is -2.19. The first-order valence-corrected chi connectivity index (χ1v) is 8.05. The normalized spacial score (nSPS) is 12.2. The monoisotopic (exact) mass is 378 g/mol. The van der Waals surface area contributed by atoms with E-state index in [1.165, 1.54) is 0 Å². The van der Waals surface area contributed by atoms with Crippen molar-refractivity contribution in [1.29, 1.82) is 0 Å². The molecule has 1 N–H and O–H groups in total. The number of carboxylic acids is 1. The predicted molar refractivity (Wildman–Crippen MR) is 76.9 cm³/mol. The molecule has 0 radical (unpaired) electrons. The SMILES string of the molecule is O=C(O)CCCCCC(=O)OOCCCCCCC(F)(F)C(F)(F)F. The highest BCUT2D eigenvalue weighted by Gasteiger charge is 2.56. The Morgan fingerprint density at radius 2 is 1.36 bits per heavy atom. The number of unbranched alkanes of at least 4 members (excludes halogenated alkanes) is 5. The highest BCUT2D eigenvalue weighted by Crippen LogP contribution is 2.39. The van der Waals surface area contributed by atoms with Gasteiger partial charge >= 0.3 is 24.0 Å². The topological polar surface area (TPSA) is 72.8 Å². The lowest BCUT2D eigenvalue weighted by Crippen LogP contribution is -2.36. The van der Waals surface area contributed by atoms with Gasteiger partial charge in [0.25, 0.3) is 0 Å². The Labute approximate surface area is 142 Å². The summed E-state index contributed by atoms with van der Waals surface area (Å²) in [6, 6.07) is 0. The minimum atomic E-state index is -5.52.